The molecule has 140 valence electrons. The molecular formula is C19H24N2O4S. The van der Waals surface area contributed by atoms with Crippen LogP contribution >= 0.6 is 0 Å². The first-order chi connectivity index (χ1) is 12.2. The highest BCUT2D eigenvalue weighted by molar-refractivity contribution is 7.89. The third-order valence-electron chi connectivity index (χ3n) is 4.12. The van der Waals surface area contributed by atoms with Gasteiger partial charge < -0.3 is 10.1 Å². The van der Waals surface area contributed by atoms with E-state index in [2.05, 4.69) is 5.32 Å². The van der Waals surface area contributed by atoms with Crippen LogP contribution in [0.3, 0.4) is 0 Å². The van der Waals surface area contributed by atoms with Crippen LogP contribution in [0.4, 0.5) is 5.69 Å². The number of carbonyl (C=O) groups excluding carboxylic acids is 1. The Balaban J connectivity index is 2.24. The number of hydrogen-bond donors (Lipinski definition) is 1. The summed E-state index contributed by atoms with van der Waals surface area (Å²) in [6.07, 6.45) is 0. The van der Waals surface area contributed by atoms with Crippen LogP contribution in [0.1, 0.15) is 29.8 Å². The molecule has 0 fully saturated rings. The summed E-state index contributed by atoms with van der Waals surface area (Å²) in [4.78, 5) is 12.6. The number of benzene rings is 2. The van der Waals surface area contributed by atoms with Crippen LogP contribution in [-0.4, -0.2) is 38.8 Å². The Labute approximate surface area is 154 Å². The number of nitrogens with one attached hydrogen (secondary N) is 1. The molecule has 0 aliphatic carbocycles. The van der Waals surface area contributed by atoms with Crippen LogP contribution in [0.5, 0.6) is 5.75 Å². The van der Waals surface area contributed by atoms with Crippen molar-refractivity contribution in [2.45, 2.75) is 31.7 Å². The van der Waals surface area contributed by atoms with Gasteiger partial charge in [-0.3, -0.25) is 4.79 Å². The molecular weight excluding hydrogens is 352 g/mol. The van der Waals surface area contributed by atoms with Gasteiger partial charge in [-0.05, 0) is 62.7 Å². The monoisotopic (exact) mass is 376 g/mol. The second-order valence-corrected chi connectivity index (χ2v) is 8.29. The summed E-state index contributed by atoms with van der Waals surface area (Å²) in [6, 6.07) is 11.2. The van der Waals surface area contributed by atoms with Gasteiger partial charge in [0.2, 0.25) is 10.0 Å². The zero-order valence-corrected chi connectivity index (χ0v) is 16.4. The van der Waals surface area contributed by atoms with Gasteiger partial charge in [0, 0.05) is 18.7 Å². The van der Waals surface area contributed by atoms with Crippen molar-refractivity contribution >= 4 is 21.6 Å². The molecule has 0 saturated carbocycles. The average Bonchev–Trinajstić information content (AvgIpc) is 2.61. The second kappa shape index (κ2) is 7.88. The maximum Gasteiger partial charge on any atom is 0.255 e. The molecule has 0 saturated heterocycles. The summed E-state index contributed by atoms with van der Waals surface area (Å²) >= 11 is 0. The molecule has 2 aromatic carbocycles. The van der Waals surface area contributed by atoms with Crippen molar-refractivity contribution in [1.29, 1.82) is 0 Å². The molecule has 7 heteroatoms. The zero-order chi connectivity index (χ0) is 19.5. The summed E-state index contributed by atoms with van der Waals surface area (Å²) in [5.74, 6) is 0.219. The molecule has 0 radical (unpaired) electrons. The number of methoxy groups -OCH3 is 1. The van der Waals surface area contributed by atoms with E-state index in [4.69, 9.17) is 4.74 Å². The maximum absolute atomic E-state index is 12.5. The smallest absolute Gasteiger partial charge is 0.255 e. The lowest BCUT2D eigenvalue weighted by Gasteiger charge is -2.21. The summed E-state index contributed by atoms with van der Waals surface area (Å²) in [7, 11) is -0.509. The number of anilines is 1. The third kappa shape index (κ3) is 4.23. The summed E-state index contributed by atoms with van der Waals surface area (Å²) in [6.45, 7) is 5.52. The highest BCUT2D eigenvalue weighted by atomic mass is 32.2. The van der Waals surface area contributed by atoms with E-state index in [9.17, 15) is 13.2 Å². The standard InChI is InChI=1S/C19H24N2O4S/c1-13(2)21(4)26(23,24)16-9-7-15(8-10-16)19(22)20-17-12-14(3)6-11-18(17)25-5/h6-13H,1-5H3,(H,20,22). The number of amides is 1. The van der Waals surface area contributed by atoms with Crippen LogP contribution < -0.4 is 10.1 Å². The zero-order valence-electron chi connectivity index (χ0n) is 15.6. The Bertz CT molecular complexity index is 890. The number of nitrogens with zero attached hydrogens (tertiary/aromatic N) is 1. The number of sulfonamides is 1. The lowest BCUT2D eigenvalue weighted by molar-refractivity contribution is 0.102. The van der Waals surface area contributed by atoms with Crippen molar-refractivity contribution in [3.05, 3.63) is 53.6 Å². The Morgan fingerprint density at radius 1 is 1.12 bits per heavy atom. The molecule has 0 spiro atoms. The van der Waals surface area contributed by atoms with E-state index >= 15 is 0 Å². The Morgan fingerprint density at radius 3 is 2.27 bits per heavy atom. The summed E-state index contributed by atoms with van der Waals surface area (Å²) in [5, 5.41) is 2.79. The van der Waals surface area contributed by atoms with E-state index in [-0.39, 0.29) is 16.8 Å². The minimum absolute atomic E-state index is 0.151. The van der Waals surface area contributed by atoms with Crippen LogP contribution in [0.2, 0.25) is 0 Å². The van der Waals surface area contributed by atoms with Crippen LogP contribution in [0.25, 0.3) is 0 Å². The first kappa shape index (κ1) is 19.9. The number of ether oxygens (including phenoxy) is 1. The molecule has 0 bridgehead atoms. The van der Waals surface area contributed by atoms with Gasteiger partial charge in [-0.25, -0.2) is 8.42 Å². The molecule has 1 N–H and O–H groups in total. The molecule has 0 aliphatic heterocycles. The largest absolute Gasteiger partial charge is 0.495 e. The lowest BCUT2D eigenvalue weighted by Crippen LogP contribution is -2.33. The molecule has 0 atom stereocenters. The van der Waals surface area contributed by atoms with Crippen molar-refractivity contribution < 1.29 is 17.9 Å². The third-order valence-corrected chi connectivity index (χ3v) is 6.17. The molecule has 2 rings (SSSR count). The molecule has 0 unspecified atom stereocenters. The highest BCUT2D eigenvalue weighted by Crippen LogP contribution is 2.26. The van der Waals surface area contributed by atoms with Crippen molar-refractivity contribution in [2.75, 3.05) is 19.5 Å². The topological polar surface area (TPSA) is 75.7 Å². The summed E-state index contributed by atoms with van der Waals surface area (Å²) < 4.78 is 31.5. The van der Waals surface area contributed by atoms with E-state index < -0.39 is 10.0 Å². The van der Waals surface area contributed by atoms with Crippen molar-refractivity contribution in [2.24, 2.45) is 0 Å². The fourth-order valence-corrected chi connectivity index (χ4v) is 3.70. The number of aryl methyl sites for hydroxylation is 1. The molecule has 6 nitrogen and oxygen atoms in total. The van der Waals surface area contributed by atoms with E-state index in [0.717, 1.165) is 5.56 Å². The first-order valence-electron chi connectivity index (χ1n) is 8.21. The molecule has 1 amide bonds. The summed E-state index contributed by atoms with van der Waals surface area (Å²) in [5.41, 5.74) is 1.91. The fourth-order valence-electron chi connectivity index (χ4n) is 2.34. The lowest BCUT2D eigenvalue weighted by atomic mass is 10.1. The minimum atomic E-state index is -3.57. The van der Waals surface area contributed by atoms with Crippen molar-refractivity contribution in [3.63, 3.8) is 0 Å². The maximum atomic E-state index is 12.5. The average molecular weight is 376 g/mol. The second-order valence-electron chi connectivity index (χ2n) is 6.30. The van der Waals surface area contributed by atoms with Gasteiger partial charge in [0.15, 0.2) is 0 Å². The fraction of sp³-hybridized carbons (Fsp3) is 0.316. The Morgan fingerprint density at radius 2 is 1.73 bits per heavy atom. The quantitative estimate of drug-likeness (QED) is 0.839. The Hall–Kier alpha value is -2.38. The Kier molecular flexibility index (Phi) is 6.05. The molecule has 0 heterocycles. The van der Waals surface area contributed by atoms with E-state index in [1.54, 1.807) is 19.9 Å². The van der Waals surface area contributed by atoms with Gasteiger partial charge in [0.05, 0.1) is 17.7 Å². The molecule has 2 aromatic rings. The van der Waals surface area contributed by atoms with Gasteiger partial charge in [0.1, 0.15) is 5.75 Å². The SMILES string of the molecule is COc1ccc(C)cc1NC(=O)c1ccc(S(=O)(=O)N(C)C(C)C)cc1. The molecule has 26 heavy (non-hydrogen) atoms. The van der Waals surface area contributed by atoms with Crippen LogP contribution in [0, 0.1) is 6.92 Å². The van der Waals surface area contributed by atoms with Crippen molar-refractivity contribution in [1.82, 2.24) is 4.31 Å². The molecule has 0 aromatic heterocycles. The minimum Gasteiger partial charge on any atom is -0.495 e. The normalized spacial score (nSPS) is 11.7. The first-order valence-corrected chi connectivity index (χ1v) is 9.65. The van der Waals surface area contributed by atoms with Gasteiger partial charge in [0.25, 0.3) is 5.91 Å². The molecule has 0 aliphatic rings. The predicted molar refractivity (Wildman–Crippen MR) is 102 cm³/mol. The number of hydrogen-bond acceptors (Lipinski definition) is 4. The van der Waals surface area contributed by atoms with Crippen molar-refractivity contribution in [3.8, 4) is 5.75 Å². The number of rotatable bonds is 6. The van der Waals surface area contributed by atoms with E-state index in [0.29, 0.717) is 17.0 Å². The number of carbonyl (C=O) groups is 1. The predicted octanol–water partition coefficient (Wildman–Crippen LogP) is 3.28. The van der Waals surface area contributed by atoms with Gasteiger partial charge >= 0.3 is 0 Å². The van der Waals surface area contributed by atoms with Gasteiger partial charge in [-0.15, -0.1) is 0 Å². The van der Waals surface area contributed by atoms with Gasteiger partial charge in [-0.2, -0.15) is 4.31 Å². The van der Waals surface area contributed by atoms with E-state index in [1.165, 1.54) is 42.7 Å². The van der Waals surface area contributed by atoms with Crippen LogP contribution in [-0.2, 0) is 10.0 Å². The van der Waals surface area contributed by atoms with E-state index in [1.807, 2.05) is 19.1 Å². The highest BCUT2D eigenvalue weighted by Gasteiger charge is 2.23. The van der Waals surface area contributed by atoms with Gasteiger partial charge in [-0.1, -0.05) is 6.07 Å². The van der Waals surface area contributed by atoms with Crippen LogP contribution in [0.15, 0.2) is 47.4 Å².